The van der Waals surface area contributed by atoms with Crippen molar-refractivity contribution in [2.24, 2.45) is 5.16 Å². The van der Waals surface area contributed by atoms with Gasteiger partial charge in [0.15, 0.2) is 0 Å². The Bertz CT molecular complexity index is 372. The van der Waals surface area contributed by atoms with Crippen molar-refractivity contribution < 1.29 is 4.84 Å². The second-order valence-electron chi connectivity index (χ2n) is 4.04. The molecule has 0 saturated heterocycles. The summed E-state index contributed by atoms with van der Waals surface area (Å²) in [6, 6.07) is 8.06. The molecule has 0 bridgehead atoms. The van der Waals surface area contributed by atoms with Crippen LogP contribution in [-0.2, 0) is 4.84 Å². The van der Waals surface area contributed by atoms with Gasteiger partial charge in [-0.2, -0.15) is 0 Å². The predicted molar refractivity (Wildman–Crippen MR) is 80.1 cm³/mol. The second kappa shape index (κ2) is 8.27. The predicted octanol–water partition coefficient (Wildman–Crippen LogP) is 3.53. The maximum atomic E-state index is 5.35. The molecule has 3 nitrogen and oxygen atoms in total. The van der Waals surface area contributed by atoms with Gasteiger partial charge in [0.2, 0.25) is 0 Å². The van der Waals surface area contributed by atoms with Crippen molar-refractivity contribution in [2.75, 3.05) is 26.2 Å². The maximum absolute atomic E-state index is 5.35. The van der Waals surface area contributed by atoms with Gasteiger partial charge in [-0.3, -0.25) is 0 Å². The first-order valence-corrected chi connectivity index (χ1v) is 7.11. The van der Waals surface area contributed by atoms with Gasteiger partial charge in [0, 0.05) is 11.0 Å². The van der Waals surface area contributed by atoms with Gasteiger partial charge in [0.05, 0.1) is 5.71 Å². The van der Waals surface area contributed by atoms with E-state index in [1.54, 1.807) is 0 Å². The number of hydrogen-bond donors (Lipinski definition) is 0. The highest BCUT2D eigenvalue weighted by atomic mass is 79.9. The van der Waals surface area contributed by atoms with Crippen LogP contribution in [0.3, 0.4) is 0 Å². The standard InChI is InChI=1S/C14H21BrN2O/c1-4-17(5-2)10-11-18-16-12(3)13-6-8-14(15)9-7-13/h6-9H,4-5,10-11H2,1-3H3/b16-12-. The van der Waals surface area contributed by atoms with Gasteiger partial charge in [-0.25, -0.2) is 0 Å². The summed E-state index contributed by atoms with van der Waals surface area (Å²) in [6.07, 6.45) is 0. The van der Waals surface area contributed by atoms with Crippen molar-refractivity contribution in [3.8, 4) is 0 Å². The highest BCUT2D eigenvalue weighted by Crippen LogP contribution is 2.11. The molecule has 0 aliphatic carbocycles. The molecule has 0 saturated carbocycles. The molecule has 0 fully saturated rings. The Labute approximate surface area is 118 Å². The van der Waals surface area contributed by atoms with Crippen molar-refractivity contribution in [3.05, 3.63) is 34.3 Å². The molecule has 0 atom stereocenters. The van der Waals surface area contributed by atoms with E-state index in [1.165, 1.54) is 0 Å². The fourth-order valence-corrected chi connectivity index (χ4v) is 1.86. The first kappa shape index (κ1) is 15.2. The first-order valence-electron chi connectivity index (χ1n) is 6.32. The van der Waals surface area contributed by atoms with Gasteiger partial charge in [0.25, 0.3) is 0 Å². The van der Waals surface area contributed by atoms with E-state index in [9.17, 15) is 0 Å². The van der Waals surface area contributed by atoms with Crippen LogP contribution in [0, 0.1) is 0 Å². The Kier molecular flexibility index (Phi) is 6.98. The maximum Gasteiger partial charge on any atom is 0.129 e. The van der Waals surface area contributed by atoms with E-state index < -0.39 is 0 Å². The van der Waals surface area contributed by atoms with Crippen molar-refractivity contribution >= 4 is 21.6 Å². The molecular weight excluding hydrogens is 292 g/mol. The fourth-order valence-electron chi connectivity index (χ4n) is 1.60. The Balaban J connectivity index is 2.40. The van der Waals surface area contributed by atoms with E-state index in [2.05, 4.69) is 39.8 Å². The van der Waals surface area contributed by atoms with Crippen LogP contribution in [0.1, 0.15) is 26.3 Å². The van der Waals surface area contributed by atoms with Crippen molar-refractivity contribution in [1.82, 2.24) is 4.90 Å². The van der Waals surface area contributed by atoms with Crippen molar-refractivity contribution in [2.45, 2.75) is 20.8 Å². The number of rotatable bonds is 7. The SMILES string of the molecule is CCN(CC)CCO/N=C(/C)c1ccc(Br)cc1. The number of halogens is 1. The van der Waals surface area contributed by atoms with Gasteiger partial charge < -0.3 is 9.74 Å². The molecule has 0 aliphatic rings. The van der Waals surface area contributed by atoms with Crippen LogP contribution in [0.2, 0.25) is 0 Å². The fraction of sp³-hybridized carbons (Fsp3) is 0.500. The summed E-state index contributed by atoms with van der Waals surface area (Å²) in [6.45, 7) is 9.92. The largest absolute Gasteiger partial charge is 0.394 e. The summed E-state index contributed by atoms with van der Waals surface area (Å²) in [5.41, 5.74) is 1.99. The van der Waals surface area contributed by atoms with Crippen LogP contribution in [0.25, 0.3) is 0 Å². The summed E-state index contributed by atoms with van der Waals surface area (Å²) < 4.78 is 1.07. The molecule has 0 spiro atoms. The van der Waals surface area contributed by atoms with Crippen LogP contribution in [-0.4, -0.2) is 36.9 Å². The van der Waals surface area contributed by atoms with E-state index in [1.807, 2.05) is 31.2 Å². The zero-order valence-corrected chi connectivity index (χ0v) is 12.9. The van der Waals surface area contributed by atoms with E-state index in [0.29, 0.717) is 6.61 Å². The summed E-state index contributed by atoms with van der Waals surface area (Å²) in [4.78, 5) is 7.66. The Morgan fingerprint density at radius 2 is 1.83 bits per heavy atom. The molecule has 0 unspecified atom stereocenters. The zero-order chi connectivity index (χ0) is 13.4. The lowest BCUT2D eigenvalue weighted by Crippen LogP contribution is -2.26. The zero-order valence-electron chi connectivity index (χ0n) is 11.3. The van der Waals surface area contributed by atoms with Crippen LogP contribution in [0.5, 0.6) is 0 Å². The lowest BCUT2D eigenvalue weighted by molar-refractivity contribution is 0.114. The average Bonchev–Trinajstić information content (AvgIpc) is 2.39. The summed E-state index contributed by atoms with van der Waals surface area (Å²) in [5, 5.41) is 4.14. The van der Waals surface area contributed by atoms with Crippen molar-refractivity contribution in [1.29, 1.82) is 0 Å². The number of likely N-dealkylation sites (N-methyl/N-ethyl adjacent to an activating group) is 1. The topological polar surface area (TPSA) is 24.8 Å². The Morgan fingerprint density at radius 1 is 1.22 bits per heavy atom. The number of oxime groups is 1. The third-order valence-corrected chi connectivity index (χ3v) is 3.39. The summed E-state index contributed by atoms with van der Waals surface area (Å²) in [7, 11) is 0. The number of hydrogen-bond acceptors (Lipinski definition) is 3. The minimum Gasteiger partial charge on any atom is -0.394 e. The van der Waals surface area contributed by atoms with Crippen LogP contribution >= 0.6 is 15.9 Å². The average molecular weight is 313 g/mol. The highest BCUT2D eigenvalue weighted by Gasteiger charge is 2.00. The molecule has 0 amide bonds. The smallest absolute Gasteiger partial charge is 0.129 e. The van der Waals surface area contributed by atoms with Gasteiger partial charge >= 0.3 is 0 Å². The molecule has 18 heavy (non-hydrogen) atoms. The second-order valence-corrected chi connectivity index (χ2v) is 4.96. The normalized spacial score (nSPS) is 11.9. The molecule has 100 valence electrons. The van der Waals surface area contributed by atoms with Gasteiger partial charge in [0.1, 0.15) is 6.61 Å². The summed E-state index contributed by atoms with van der Waals surface area (Å²) >= 11 is 3.41. The van der Waals surface area contributed by atoms with Gasteiger partial charge in [-0.15, -0.1) is 0 Å². The first-order chi connectivity index (χ1) is 8.67. The number of nitrogens with zero attached hydrogens (tertiary/aromatic N) is 2. The molecule has 4 heteroatoms. The monoisotopic (exact) mass is 312 g/mol. The third-order valence-electron chi connectivity index (χ3n) is 2.86. The number of benzene rings is 1. The Morgan fingerprint density at radius 3 is 2.39 bits per heavy atom. The molecule has 1 rings (SSSR count). The molecule has 0 aromatic heterocycles. The van der Waals surface area contributed by atoms with Crippen LogP contribution in [0.4, 0.5) is 0 Å². The van der Waals surface area contributed by atoms with Gasteiger partial charge in [-0.05, 0) is 37.7 Å². The Hall–Kier alpha value is -0.870. The van der Waals surface area contributed by atoms with E-state index in [-0.39, 0.29) is 0 Å². The van der Waals surface area contributed by atoms with Crippen LogP contribution in [0.15, 0.2) is 33.9 Å². The third kappa shape index (κ3) is 5.19. The molecule has 1 aromatic rings. The van der Waals surface area contributed by atoms with E-state index >= 15 is 0 Å². The molecule has 0 N–H and O–H groups in total. The lowest BCUT2D eigenvalue weighted by atomic mass is 10.1. The molecule has 0 aliphatic heterocycles. The van der Waals surface area contributed by atoms with Gasteiger partial charge in [-0.1, -0.05) is 47.1 Å². The molecule has 0 radical (unpaired) electrons. The lowest BCUT2D eigenvalue weighted by Gasteiger charge is -2.16. The van der Waals surface area contributed by atoms with E-state index in [0.717, 1.165) is 35.4 Å². The van der Waals surface area contributed by atoms with E-state index in [4.69, 9.17) is 4.84 Å². The minimum atomic E-state index is 0.634. The van der Waals surface area contributed by atoms with Crippen LogP contribution < -0.4 is 0 Å². The summed E-state index contributed by atoms with van der Waals surface area (Å²) in [5.74, 6) is 0. The molecular formula is C14H21BrN2O. The van der Waals surface area contributed by atoms with Crippen molar-refractivity contribution in [3.63, 3.8) is 0 Å². The minimum absolute atomic E-state index is 0.634. The highest BCUT2D eigenvalue weighted by molar-refractivity contribution is 9.10. The quantitative estimate of drug-likeness (QED) is 0.437. The molecule has 1 aromatic carbocycles. The molecule has 0 heterocycles.